The molecule has 0 saturated heterocycles. The number of nitrogens with zero attached hydrogens (tertiary/aromatic N) is 10. The zero-order chi connectivity index (χ0) is 50.4. The summed E-state index contributed by atoms with van der Waals surface area (Å²) in [6, 6.07) is 69.1. The molecular formula is C64H40N10O2. The highest BCUT2D eigenvalue weighted by molar-refractivity contribution is 5.94. The van der Waals surface area contributed by atoms with E-state index in [0.717, 1.165) is 90.5 Å². The van der Waals surface area contributed by atoms with Gasteiger partial charge in [-0.25, -0.2) is 19.9 Å². The summed E-state index contributed by atoms with van der Waals surface area (Å²) < 4.78 is 13.1. The molecule has 12 heteroatoms. The van der Waals surface area contributed by atoms with Gasteiger partial charge in [-0.05, 0) is 157 Å². The molecule has 76 heavy (non-hydrogen) atoms. The molecule has 0 spiro atoms. The number of benzene rings is 6. The summed E-state index contributed by atoms with van der Waals surface area (Å²) in [6.45, 7) is 0. The average Bonchev–Trinajstić information content (AvgIpc) is 3.50. The number of pyridine rings is 4. The van der Waals surface area contributed by atoms with Crippen molar-refractivity contribution in [1.82, 2.24) is 39.9 Å². The lowest BCUT2D eigenvalue weighted by Crippen LogP contribution is -2.18. The fourth-order valence-electron chi connectivity index (χ4n) is 9.81. The Balaban J connectivity index is 1.06. The number of para-hydroxylation sites is 8. The van der Waals surface area contributed by atoms with Gasteiger partial charge in [-0.1, -0.05) is 60.7 Å². The van der Waals surface area contributed by atoms with Gasteiger partial charge in [-0.3, -0.25) is 19.9 Å². The molecule has 0 aliphatic carbocycles. The molecule has 0 radical (unpaired) electrons. The van der Waals surface area contributed by atoms with Crippen LogP contribution in [0.1, 0.15) is 0 Å². The summed E-state index contributed by atoms with van der Waals surface area (Å²) in [5, 5.41) is 0. The van der Waals surface area contributed by atoms with E-state index in [4.69, 9.17) is 39.4 Å². The van der Waals surface area contributed by atoms with Crippen LogP contribution in [-0.4, -0.2) is 39.9 Å². The summed E-state index contributed by atoms with van der Waals surface area (Å²) in [5.41, 5.74) is 14.5. The minimum atomic E-state index is 0.473. The molecule has 0 amide bonds. The summed E-state index contributed by atoms with van der Waals surface area (Å²) in [4.78, 5) is 43.6. The highest BCUT2D eigenvalue weighted by atomic mass is 16.5. The smallest absolute Gasteiger partial charge is 0.179 e. The van der Waals surface area contributed by atoms with E-state index in [-0.39, 0.29) is 0 Å². The average molecular weight is 981 g/mol. The van der Waals surface area contributed by atoms with Gasteiger partial charge in [0.2, 0.25) is 0 Å². The molecule has 8 heterocycles. The van der Waals surface area contributed by atoms with Crippen LogP contribution < -0.4 is 19.3 Å². The number of hydrogen-bond acceptors (Lipinski definition) is 12. The van der Waals surface area contributed by atoms with Crippen LogP contribution >= 0.6 is 0 Å². The molecule has 358 valence electrons. The van der Waals surface area contributed by atoms with Gasteiger partial charge in [0, 0.05) is 70.8 Å². The van der Waals surface area contributed by atoms with Crippen molar-refractivity contribution in [3.8, 4) is 102 Å². The van der Waals surface area contributed by atoms with Crippen molar-refractivity contribution in [2.45, 2.75) is 0 Å². The number of fused-ring (bicyclic) bond motifs is 4. The number of aromatic nitrogens is 8. The minimum Gasteiger partial charge on any atom is -0.453 e. The Morgan fingerprint density at radius 3 is 1.03 bits per heavy atom. The van der Waals surface area contributed by atoms with Crippen molar-refractivity contribution in [2.24, 2.45) is 0 Å². The molecule has 0 atom stereocenters. The van der Waals surface area contributed by atoms with Gasteiger partial charge in [0.1, 0.15) is 11.4 Å². The maximum absolute atomic E-state index is 6.57. The van der Waals surface area contributed by atoms with E-state index in [9.17, 15) is 0 Å². The van der Waals surface area contributed by atoms with Gasteiger partial charge in [-0.2, -0.15) is 0 Å². The lowest BCUT2D eigenvalue weighted by molar-refractivity contribution is 0.477. The second kappa shape index (κ2) is 18.7. The minimum absolute atomic E-state index is 0.473. The molecule has 0 fully saturated rings. The molecule has 0 bridgehead atoms. The van der Waals surface area contributed by atoms with E-state index in [0.29, 0.717) is 45.8 Å². The lowest BCUT2D eigenvalue weighted by Gasteiger charge is -2.36. The van der Waals surface area contributed by atoms with Gasteiger partial charge in [0.05, 0.1) is 45.5 Å². The molecule has 6 aromatic carbocycles. The van der Waals surface area contributed by atoms with Crippen LogP contribution in [0.5, 0.6) is 23.0 Å². The van der Waals surface area contributed by atoms with E-state index in [2.05, 4.69) is 80.4 Å². The molecule has 2 aliphatic heterocycles. The second-order valence-corrected chi connectivity index (χ2v) is 18.1. The van der Waals surface area contributed by atoms with Crippen LogP contribution in [0.4, 0.5) is 34.1 Å². The third-order valence-electron chi connectivity index (χ3n) is 13.3. The Morgan fingerprint density at radius 1 is 0.276 bits per heavy atom. The van der Waals surface area contributed by atoms with Gasteiger partial charge in [-0.15, -0.1) is 0 Å². The molecule has 0 saturated carbocycles. The van der Waals surface area contributed by atoms with Crippen molar-refractivity contribution in [3.05, 3.63) is 243 Å². The van der Waals surface area contributed by atoms with Crippen LogP contribution in [0.25, 0.3) is 79.2 Å². The summed E-state index contributed by atoms with van der Waals surface area (Å²) in [7, 11) is 0. The number of hydrogen-bond donors (Lipinski definition) is 0. The first-order valence-electron chi connectivity index (χ1n) is 24.7. The molecule has 6 aromatic heterocycles. The predicted octanol–water partition coefficient (Wildman–Crippen LogP) is 15.7. The maximum atomic E-state index is 6.57. The molecule has 14 rings (SSSR count). The number of rotatable bonds is 9. The van der Waals surface area contributed by atoms with E-state index in [1.54, 1.807) is 24.8 Å². The Hall–Kier alpha value is -10.7. The van der Waals surface area contributed by atoms with Crippen molar-refractivity contribution in [2.75, 3.05) is 9.80 Å². The molecule has 12 nitrogen and oxygen atoms in total. The monoisotopic (exact) mass is 980 g/mol. The summed E-state index contributed by atoms with van der Waals surface area (Å²) in [5.74, 6) is 3.92. The van der Waals surface area contributed by atoms with Gasteiger partial charge < -0.3 is 19.3 Å². The Labute approximate surface area is 437 Å². The van der Waals surface area contributed by atoms with Gasteiger partial charge in [0.15, 0.2) is 34.6 Å². The molecule has 12 aromatic rings. The quantitative estimate of drug-likeness (QED) is 0.137. The third-order valence-corrected chi connectivity index (χ3v) is 13.3. The lowest BCUT2D eigenvalue weighted by atomic mass is 9.94. The summed E-state index contributed by atoms with van der Waals surface area (Å²) in [6.07, 6.45) is 10.6. The SMILES string of the molecule is c1ccc(-c2nc(-c3cccnc3)cc(-c3cc(-c4cc(N5c6ccccc6Oc6ccccc65)cc(N5c6ccccc6Oc6ccccc65)c4)cc(-c4cc(-c5cccnc5)nc(-c5ccccn5)n4)c3)n2)nc1. The zero-order valence-corrected chi connectivity index (χ0v) is 40.4. The molecule has 0 N–H and O–H groups in total. The largest absolute Gasteiger partial charge is 0.453 e. The van der Waals surface area contributed by atoms with Crippen molar-refractivity contribution >= 4 is 34.1 Å². The van der Waals surface area contributed by atoms with Gasteiger partial charge >= 0.3 is 0 Å². The molecule has 2 aliphatic rings. The zero-order valence-electron chi connectivity index (χ0n) is 40.4. The van der Waals surface area contributed by atoms with Crippen LogP contribution in [0.2, 0.25) is 0 Å². The normalized spacial score (nSPS) is 12.1. The highest BCUT2D eigenvalue weighted by Gasteiger charge is 2.30. The van der Waals surface area contributed by atoms with E-state index in [1.165, 1.54) is 0 Å². The van der Waals surface area contributed by atoms with Crippen LogP contribution in [0.15, 0.2) is 243 Å². The molecular weight excluding hydrogens is 941 g/mol. The fourth-order valence-corrected chi connectivity index (χ4v) is 9.81. The standard InChI is InChI=1S/C64H40N10O2/c1-5-23-59-55(19-1)73(56-20-2-6-24-60(56)75-59)47-34-44(35-48(36-47)74-57-21-3-7-25-61(57)76-62-26-8-4-22-58(62)74)43-31-45(53-37-51(41-15-13-27-65-39-41)69-63(71-53)49-17-9-11-29-67-49)33-46(32-43)54-38-52(42-16-14-28-66-40-42)70-64(72-54)50-18-10-12-30-68-50/h1-40H. The Morgan fingerprint density at radius 2 is 0.645 bits per heavy atom. The Bertz CT molecular complexity index is 3680. The van der Waals surface area contributed by atoms with Crippen LogP contribution in [0.3, 0.4) is 0 Å². The van der Waals surface area contributed by atoms with Crippen molar-refractivity contribution < 1.29 is 9.47 Å². The highest BCUT2D eigenvalue weighted by Crippen LogP contribution is 2.55. The van der Waals surface area contributed by atoms with E-state index >= 15 is 0 Å². The number of ether oxygens (including phenoxy) is 2. The first kappa shape index (κ1) is 44.0. The van der Waals surface area contributed by atoms with Crippen molar-refractivity contribution in [1.29, 1.82) is 0 Å². The maximum Gasteiger partial charge on any atom is 0.179 e. The second-order valence-electron chi connectivity index (χ2n) is 18.1. The number of anilines is 6. The first-order chi connectivity index (χ1) is 37.6. The van der Waals surface area contributed by atoms with Crippen molar-refractivity contribution in [3.63, 3.8) is 0 Å². The van der Waals surface area contributed by atoms with Gasteiger partial charge in [0.25, 0.3) is 0 Å². The molecule has 0 unspecified atom stereocenters. The predicted molar refractivity (Wildman–Crippen MR) is 296 cm³/mol. The topological polar surface area (TPSA) is 128 Å². The van der Waals surface area contributed by atoms with E-state index < -0.39 is 0 Å². The third kappa shape index (κ3) is 8.17. The Kier molecular flexibility index (Phi) is 10.8. The summed E-state index contributed by atoms with van der Waals surface area (Å²) >= 11 is 0. The van der Waals surface area contributed by atoms with E-state index in [1.807, 2.05) is 158 Å². The first-order valence-corrected chi connectivity index (χ1v) is 24.7. The fraction of sp³-hybridized carbons (Fsp3) is 0. The van der Waals surface area contributed by atoms with Crippen LogP contribution in [0, 0.1) is 0 Å². The van der Waals surface area contributed by atoms with Crippen LogP contribution in [-0.2, 0) is 0 Å².